The van der Waals surface area contributed by atoms with Crippen molar-refractivity contribution in [2.75, 3.05) is 12.8 Å². The highest BCUT2D eigenvalue weighted by molar-refractivity contribution is 7.98. The molecule has 1 aliphatic carbocycles. The summed E-state index contributed by atoms with van der Waals surface area (Å²) in [6.45, 7) is 3.21. The van der Waals surface area contributed by atoms with Crippen LogP contribution >= 0.6 is 11.8 Å². The quantitative estimate of drug-likeness (QED) is 0.769. The molecule has 1 aliphatic rings. The van der Waals surface area contributed by atoms with Gasteiger partial charge in [0.25, 0.3) is 0 Å². The van der Waals surface area contributed by atoms with Crippen LogP contribution in [-0.2, 0) is 6.42 Å². The summed E-state index contributed by atoms with van der Waals surface area (Å²) in [4.78, 5) is 1.34. The van der Waals surface area contributed by atoms with Crippen molar-refractivity contribution in [2.24, 2.45) is 0 Å². The summed E-state index contributed by atoms with van der Waals surface area (Å²) in [6, 6.07) is 18.4. The van der Waals surface area contributed by atoms with Crippen molar-refractivity contribution in [3.8, 4) is 0 Å². The lowest BCUT2D eigenvalue weighted by molar-refractivity contribution is 0.436. The standard InChI is InChI=1S/C19H23NS/c1-3-20-19(14-8-10-17(21-2)11-9-14)13-16-12-15-6-4-5-7-18(15)16/h4-11,16,19-20H,3,12-13H2,1-2H3. The predicted molar refractivity (Wildman–Crippen MR) is 92.1 cm³/mol. The van der Waals surface area contributed by atoms with Crippen molar-refractivity contribution in [1.82, 2.24) is 5.32 Å². The fourth-order valence-corrected chi connectivity index (χ4v) is 3.69. The molecule has 21 heavy (non-hydrogen) atoms. The summed E-state index contributed by atoms with van der Waals surface area (Å²) in [5.41, 5.74) is 4.51. The van der Waals surface area contributed by atoms with E-state index >= 15 is 0 Å². The Morgan fingerprint density at radius 2 is 1.90 bits per heavy atom. The second-order valence-electron chi connectivity index (χ2n) is 5.72. The van der Waals surface area contributed by atoms with E-state index in [2.05, 4.69) is 67.0 Å². The van der Waals surface area contributed by atoms with Gasteiger partial charge in [0.15, 0.2) is 0 Å². The Balaban J connectivity index is 1.73. The van der Waals surface area contributed by atoms with Crippen LogP contribution in [0.1, 0.15) is 42.0 Å². The van der Waals surface area contributed by atoms with Crippen molar-refractivity contribution in [2.45, 2.75) is 36.6 Å². The second kappa shape index (κ2) is 6.67. The Labute approximate surface area is 132 Å². The normalized spacial score (nSPS) is 17.9. The minimum atomic E-state index is 0.462. The fourth-order valence-electron chi connectivity index (χ4n) is 3.28. The molecule has 2 aromatic carbocycles. The lowest BCUT2D eigenvalue weighted by Gasteiger charge is -2.33. The van der Waals surface area contributed by atoms with Gasteiger partial charge in [-0.05, 0) is 60.4 Å². The van der Waals surface area contributed by atoms with E-state index in [9.17, 15) is 0 Å². The average Bonchev–Trinajstić information content (AvgIpc) is 2.52. The first-order valence-corrected chi connectivity index (χ1v) is 8.99. The molecule has 0 amide bonds. The number of thioether (sulfide) groups is 1. The minimum Gasteiger partial charge on any atom is -0.310 e. The number of hydrogen-bond donors (Lipinski definition) is 1. The van der Waals surface area contributed by atoms with Gasteiger partial charge in [-0.2, -0.15) is 0 Å². The molecule has 0 aromatic heterocycles. The number of fused-ring (bicyclic) bond motifs is 1. The van der Waals surface area contributed by atoms with Crippen molar-refractivity contribution in [1.29, 1.82) is 0 Å². The topological polar surface area (TPSA) is 12.0 Å². The lowest BCUT2D eigenvalue weighted by atomic mass is 9.74. The molecule has 3 rings (SSSR count). The molecule has 0 saturated carbocycles. The summed E-state index contributed by atoms with van der Waals surface area (Å²) in [6.07, 6.45) is 4.56. The maximum absolute atomic E-state index is 3.66. The molecule has 0 fully saturated rings. The Hall–Kier alpha value is -1.25. The molecule has 2 atom stereocenters. The first-order valence-electron chi connectivity index (χ1n) is 7.77. The van der Waals surface area contributed by atoms with Crippen LogP contribution in [0.15, 0.2) is 53.4 Å². The van der Waals surface area contributed by atoms with Gasteiger partial charge >= 0.3 is 0 Å². The van der Waals surface area contributed by atoms with E-state index in [1.54, 1.807) is 17.3 Å². The molecule has 1 N–H and O–H groups in total. The fraction of sp³-hybridized carbons (Fsp3) is 0.368. The zero-order valence-electron chi connectivity index (χ0n) is 12.8. The van der Waals surface area contributed by atoms with E-state index < -0.39 is 0 Å². The van der Waals surface area contributed by atoms with E-state index in [0.717, 1.165) is 6.54 Å². The van der Waals surface area contributed by atoms with E-state index in [0.29, 0.717) is 12.0 Å². The molecular formula is C19H23NS. The molecule has 0 saturated heterocycles. The third-order valence-corrected chi connectivity index (χ3v) is 5.19. The molecule has 110 valence electrons. The van der Waals surface area contributed by atoms with Crippen molar-refractivity contribution >= 4 is 11.8 Å². The Morgan fingerprint density at radius 1 is 1.14 bits per heavy atom. The van der Waals surface area contributed by atoms with E-state index in [-0.39, 0.29) is 0 Å². The largest absolute Gasteiger partial charge is 0.310 e. The summed E-state index contributed by atoms with van der Waals surface area (Å²) in [5, 5.41) is 3.66. The van der Waals surface area contributed by atoms with E-state index in [4.69, 9.17) is 0 Å². The highest BCUT2D eigenvalue weighted by atomic mass is 32.2. The monoisotopic (exact) mass is 297 g/mol. The molecule has 0 aliphatic heterocycles. The third-order valence-electron chi connectivity index (χ3n) is 4.45. The van der Waals surface area contributed by atoms with Gasteiger partial charge < -0.3 is 5.32 Å². The first-order chi connectivity index (χ1) is 10.3. The van der Waals surface area contributed by atoms with Crippen LogP contribution in [0.5, 0.6) is 0 Å². The third kappa shape index (κ3) is 3.17. The molecule has 2 aromatic rings. The molecule has 0 radical (unpaired) electrons. The maximum Gasteiger partial charge on any atom is 0.0326 e. The average molecular weight is 297 g/mol. The van der Waals surface area contributed by atoms with Crippen LogP contribution in [0, 0.1) is 0 Å². The molecule has 2 unspecified atom stereocenters. The van der Waals surface area contributed by atoms with Gasteiger partial charge in [0, 0.05) is 10.9 Å². The van der Waals surface area contributed by atoms with E-state index in [1.165, 1.54) is 28.9 Å². The minimum absolute atomic E-state index is 0.462. The van der Waals surface area contributed by atoms with Gasteiger partial charge in [0.2, 0.25) is 0 Å². The molecule has 0 bridgehead atoms. The SMILES string of the molecule is CCNC(CC1Cc2ccccc21)c1ccc(SC)cc1. The van der Waals surface area contributed by atoms with Gasteiger partial charge in [-0.3, -0.25) is 0 Å². The van der Waals surface area contributed by atoms with Crippen LogP contribution in [0.3, 0.4) is 0 Å². The van der Waals surface area contributed by atoms with Gasteiger partial charge in [-0.25, -0.2) is 0 Å². The van der Waals surface area contributed by atoms with Crippen molar-refractivity contribution in [3.63, 3.8) is 0 Å². The number of nitrogens with one attached hydrogen (secondary N) is 1. The smallest absolute Gasteiger partial charge is 0.0326 e. The van der Waals surface area contributed by atoms with Crippen molar-refractivity contribution < 1.29 is 0 Å². The highest BCUT2D eigenvalue weighted by Crippen LogP contribution is 2.40. The Bertz CT molecular complexity index is 591. The summed E-state index contributed by atoms with van der Waals surface area (Å²) < 4.78 is 0. The highest BCUT2D eigenvalue weighted by Gasteiger charge is 2.28. The molecule has 1 nitrogen and oxygen atoms in total. The second-order valence-corrected chi connectivity index (χ2v) is 6.60. The predicted octanol–water partition coefficient (Wildman–Crippen LogP) is 4.79. The zero-order chi connectivity index (χ0) is 14.7. The number of rotatable bonds is 6. The van der Waals surface area contributed by atoms with Crippen molar-refractivity contribution in [3.05, 3.63) is 65.2 Å². The van der Waals surface area contributed by atoms with Crippen LogP contribution in [-0.4, -0.2) is 12.8 Å². The van der Waals surface area contributed by atoms with Gasteiger partial charge in [-0.1, -0.05) is 43.3 Å². The lowest BCUT2D eigenvalue weighted by Crippen LogP contribution is -2.27. The van der Waals surface area contributed by atoms with Gasteiger partial charge in [-0.15, -0.1) is 11.8 Å². The summed E-state index contributed by atoms with van der Waals surface area (Å²) in [5.74, 6) is 0.713. The summed E-state index contributed by atoms with van der Waals surface area (Å²) >= 11 is 1.80. The molecule has 0 heterocycles. The number of hydrogen-bond acceptors (Lipinski definition) is 2. The Kier molecular flexibility index (Phi) is 4.67. The van der Waals surface area contributed by atoms with Crippen LogP contribution in [0.25, 0.3) is 0 Å². The molecular weight excluding hydrogens is 274 g/mol. The maximum atomic E-state index is 3.66. The Morgan fingerprint density at radius 3 is 2.57 bits per heavy atom. The van der Waals surface area contributed by atoms with Crippen LogP contribution < -0.4 is 5.32 Å². The van der Waals surface area contributed by atoms with Crippen LogP contribution in [0.4, 0.5) is 0 Å². The summed E-state index contributed by atoms with van der Waals surface area (Å²) in [7, 11) is 0. The van der Waals surface area contributed by atoms with Gasteiger partial charge in [0.05, 0.1) is 0 Å². The zero-order valence-corrected chi connectivity index (χ0v) is 13.6. The first kappa shape index (κ1) is 14.7. The molecule has 2 heteroatoms. The van der Waals surface area contributed by atoms with Gasteiger partial charge in [0.1, 0.15) is 0 Å². The van der Waals surface area contributed by atoms with Crippen LogP contribution in [0.2, 0.25) is 0 Å². The van der Waals surface area contributed by atoms with E-state index in [1.807, 2.05) is 0 Å². The number of benzene rings is 2. The molecule has 0 spiro atoms.